The summed E-state index contributed by atoms with van der Waals surface area (Å²) in [6.07, 6.45) is 5.64. The van der Waals surface area contributed by atoms with Crippen LogP contribution >= 0.6 is 11.6 Å². The van der Waals surface area contributed by atoms with Crippen LogP contribution in [0.3, 0.4) is 0 Å². The van der Waals surface area contributed by atoms with Crippen molar-refractivity contribution in [3.05, 3.63) is 64.7 Å². The van der Waals surface area contributed by atoms with Crippen molar-refractivity contribution in [3.63, 3.8) is 0 Å². The molecule has 0 bridgehead atoms. The van der Waals surface area contributed by atoms with Gasteiger partial charge in [0.05, 0.1) is 0 Å². The van der Waals surface area contributed by atoms with E-state index in [0.717, 1.165) is 5.69 Å². The number of benzene rings is 2. The van der Waals surface area contributed by atoms with Crippen LogP contribution in [0.1, 0.15) is 48.0 Å². The summed E-state index contributed by atoms with van der Waals surface area (Å²) in [5, 5.41) is 3.56. The van der Waals surface area contributed by atoms with Crippen LogP contribution in [0.25, 0.3) is 0 Å². The highest BCUT2D eigenvalue weighted by Gasteiger charge is 2.45. The number of hydrogen-bond donors (Lipinski definition) is 1. The molecule has 1 atom stereocenters. The summed E-state index contributed by atoms with van der Waals surface area (Å²) in [6, 6.07) is 15.5. The Kier molecular flexibility index (Phi) is 5.95. The monoisotopic (exact) mass is 451 g/mol. The van der Waals surface area contributed by atoms with Crippen molar-refractivity contribution in [2.75, 3.05) is 37.6 Å². The van der Waals surface area contributed by atoms with Crippen molar-refractivity contribution >= 4 is 29.1 Å². The molecular weight excluding hydrogens is 422 g/mol. The molecule has 5 nitrogen and oxygen atoms in total. The first kappa shape index (κ1) is 21.5. The molecule has 1 aliphatic carbocycles. The minimum Gasteiger partial charge on any atom is -0.352 e. The number of likely N-dealkylation sites (tertiary alicyclic amines) is 1. The Morgan fingerprint density at radius 2 is 1.72 bits per heavy atom. The number of halogens is 1. The normalized spacial score (nSPS) is 22.3. The Labute approximate surface area is 194 Å². The van der Waals surface area contributed by atoms with E-state index in [1.165, 1.54) is 50.9 Å². The molecule has 32 heavy (non-hydrogen) atoms. The molecule has 2 heterocycles. The Balaban J connectivity index is 1.17. The van der Waals surface area contributed by atoms with E-state index in [1.807, 2.05) is 4.90 Å². The lowest BCUT2D eigenvalue weighted by atomic mass is 9.95. The molecule has 2 amide bonds. The maximum atomic E-state index is 12.7. The lowest BCUT2D eigenvalue weighted by Crippen LogP contribution is -2.31. The van der Waals surface area contributed by atoms with E-state index in [-0.39, 0.29) is 17.7 Å². The second kappa shape index (κ2) is 8.87. The summed E-state index contributed by atoms with van der Waals surface area (Å²) >= 11 is 5.89. The minimum absolute atomic E-state index is 0.114. The van der Waals surface area contributed by atoms with Gasteiger partial charge in [-0.05, 0) is 80.7 Å². The van der Waals surface area contributed by atoms with Crippen LogP contribution in [0, 0.1) is 5.92 Å². The maximum absolute atomic E-state index is 12.7. The van der Waals surface area contributed by atoms with Gasteiger partial charge >= 0.3 is 0 Å². The van der Waals surface area contributed by atoms with Crippen LogP contribution in [-0.2, 0) is 10.2 Å². The van der Waals surface area contributed by atoms with E-state index in [4.69, 9.17) is 11.6 Å². The molecule has 1 N–H and O–H groups in total. The van der Waals surface area contributed by atoms with Gasteiger partial charge in [0.25, 0.3) is 5.91 Å². The topological polar surface area (TPSA) is 52.7 Å². The second-order valence-corrected chi connectivity index (χ2v) is 10.0. The maximum Gasteiger partial charge on any atom is 0.251 e. The summed E-state index contributed by atoms with van der Waals surface area (Å²) < 4.78 is 0. The Hall–Kier alpha value is -2.37. The fourth-order valence-corrected chi connectivity index (χ4v) is 5.29. The molecule has 0 spiro atoms. The number of rotatable bonds is 7. The van der Waals surface area contributed by atoms with Gasteiger partial charge in [-0.1, -0.05) is 23.7 Å². The predicted octanol–water partition coefficient (Wildman–Crippen LogP) is 4.25. The third kappa shape index (κ3) is 4.55. The summed E-state index contributed by atoms with van der Waals surface area (Å²) in [5.41, 5.74) is 3.27. The molecule has 1 saturated carbocycles. The van der Waals surface area contributed by atoms with Gasteiger partial charge in [0.1, 0.15) is 0 Å². The summed E-state index contributed by atoms with van der Waals surface area (Å²) in [4.78, 5) is 29.5. The molecule has 0 aromatic heterocycles. The van der Waals surface area contributed by atoms with E-state index in [0.29, 0.717) is 35.5 Å². The molecule has 168 valence electrons. The van der Waals surface area contributed by atoms with Crippen LogP contribution in [-0.4, -0.2) is 49.4 Å². The third-order valence-electron chi connectivity index (χ3n) is 7.23. The Bertz CT molecular complexity index is 979. The number of nitrogens with zero attached hydrogens (tertiary/aromatic N) is 2. The zero-order valence-corrected chi connectivity index (χ0v) is 19.1. The van der Waals surface area contributed by atoms with Crippen LogP contribution in [0.2, 0.25) is 5.02 Å². The zero-order chi connectivity index (χ0) is 22.1. The van der Waals surface area contributed by atoms with Crippen molar-refractivity contribution in [1.29, 1.82) is 0 Å². The van der Waals surface area contributed by atoms with Gasteiger partial charge in [0.2, 0.25) is 5.91 Å². The standard InChI is InChI=1S/C26H30ClN3O2/c27-22-7-3-20(4-8-22)25(32)28-16-19-15-24(31)30(17-19)23-9-5-21(6-10-23)26(11-12-26)18-29-13-1-2-14-29/h3-10,19H,1-2,11-18H2,(H,28,32). The van der Waals surface area contributed by atoms with Gasteiger partial charge < -0.3 is 15.1 Å². The predicted molar refractivity (Wildman–Crippen MR) is 127 cm³/mol. The van der Waals surface area contributed by atoms with E-state index < -0.39 is 0 Å². The zero-order valence-electron chi connectivity index (χ0n) is 18.4. The van der Waals surface area contributed by atoms with Crippen LogP contribution < -0.4 is 10.2 Å². The number of anilines is 1. The average molecular weight is 452 g/mol. The van der Waals surface area contributed by atoms with E-state index in [9.17, 15) is 9.59 Å². The van der Waals surface area contributed by atoms with Gasteiger partial charge in [-0.15, -0.1) is 0 Å². The summed E-state index contributed by atoms with van der Waals surface area (Å²) in [7, 11) is 0. The lowest BCUT2D eigenvalue weighted by molar-refractivity contribution is -0.117. The SMILES string of the molecule is O=C(NCC1CC(=O)N(c2ccc(C3(CN4CCCC4)CC3)cc2)C1)c1ccc(Cl)cc1. The summed E-state index contributed by atoms with van der Waals surface area (Å²) in [5.74, 6) is 0.106. The highest BCUT2D eigenvalue weighted by Crippen LogP contribution is 2.49. The van der Waals surface area contributed by atoms with Gasteiger partial charge in [0, 0.05) is 53.7 Å². The van der Waals surface area contributed by atoms with Crippen LogP contribution in [0.4, 0.5) is 5.69 Å². The van der Waals surface area contributed by atoms with Gasteiger partial charge in [-0.2, -0.15) is 0 Å². The third-order valence-corrected chi connectivity index (χ3v) is 7.48. The smallest absolute Gasteiger partial charge is 0.251 e. The van der Waals surface area contributed by atoms with Gasteiger partial charge in [0.15, 0.2) is 0 Å². The highest BCUT2D eigenvalue weighted by molar-refractivity contribution is 6.30. The fourth-order valence-electron chi connectivity index (χ4n) is 5.16. The minimum atomic E-state index is -0.135. The summed E-state index contributed by atoms with van der Waals surface area (Å²) in [6.45, 7) is 4.76. The van der Waals surface area contributed by atoms with E-state index in [2.05, 4.69) is 34.5 Å². The number of nitrogens with one attached hydrogen (secondary N) is 1. The molecule has 2 aromatic carbocycles. The van der Waals surface area contributed by atoms with Crippen molar-refractivity contribution in [2.24, 2.45) is 5.92 Å². The number of carbonyl (C=O) groups excluding carboxylic acids is 2. The van der Waals surface area contributed by atoms with Crippen molar-refractivity contribution in [1.82, 2.24) is 10.2 Å². The fraction of sp³-hybridized carbons (Fsp3) is 0.462. The van der Waals surface area contributed by atoms with E-state index in [1.54, 1.807) is 24.3 Å². The Morgan fingerprint density at radius 3 is 2.38 bits per heavy atom. The molecule has 3 fully saturated rings. The highest BCUT2D eigenvalue weighted by atomic mass is 35.5. The molecule has 1 unspecified atom stereocenters. The molecule has 2 saturated heterocycles. The quantitative estimate of drug-likeness (QED) is 0.684. The van der Waals surface area contributed by atoms with Crippen LogP contribution in [0.5, 0.6) is 0 Å². The second-order valence-electron chi connectivity index (χ2n) is 9.60. The molecule has 3 aliphatic rings. The lowest BCUT2D eigenvalue weighted by Gasteiger charge is -2.24. The largest absolute Gasteiger partial charge is 0.352 e. The van der Waals surface area contributed by atoms with Gasteiger partial charge in [-0.25, -0.2) is 0 Å². The van der Waals surface area contributed by atoms with Crippen LogP contribution in [0.15, 0.2) is 48.5 Å². The molecule has 6 heteroatoms. The molecule has 5 rings (SSSR count). The van der Waals surface area contributed by atoms with Crippen molar-refractivity contribution in [3.8, 4) is 0 Å². The number of amides is 2. The van der Waals surface area contributed by atoms with Gasteiger partial charge in [-0.3, -0.25) is 9.59 Å². The average Bonchev–Trinajstić information content (AvgIpc) is 3.21. The first-order chi connectivity index (χ1) is 15.5. The van der Waals surface area contributed by atoms with Crippen molar-refractivity contribution < 1.29 is 9.59 Å². The van der Waals surface area contributed by atoms with Crippen molar-refractivity contribution in [2.45, 2.75) is 37.5 Å². The number of hydrogen-bond acceptors (Lipinski definition) is 3. The molecule has 2 aromatic rings. The molecule has 0 radical (unpaired) electrons. The first-order valence-electron chi connectivity index (χ1n) is 11.7. The number of carbonyl (C=O) groups is 2. The first-order valence-corrected chi connectivity index (χ1v) is 12.1. The molecular formula is C26H30ClN3O2. The van der Waals surface area contributed by atoms with E-state index >= 15 is 0 Å². The Morgan fingerprint density at radius 1 is 1.03 bits per heavy atom. The molecule has 2 aliphatic heterocycles.